The Bertz CT molecular complexity index is 502. The lowest BCUT2D eigenvalue weighted by molar-refractivity contribution is 0.214. The maximum atomic E-state index is 5.75. The molecular weight excluding hydrogens is 284 g/mol. The fourth-order valence-corrected chi connectivity index (χ4v) is 3.01. The molecule has 0 aliphatic carbocycles. The molecule has 3 heterocycles. The third kappa shape index (κ3) is 3.14. The fourth-order valence-electron chi connectivity index (χ4n) is 2.37. The predicted molar refractivity (Wildman–Crippen MR) is 77.3 cm³/mol. The van der Waals surface area contributed by atoms with Gasteiger partial charge in [0.1, 0.15) is 0 Å². The lowest BCUT2D eigenvalue weighted by Gasteiger charge is -2.20. The average molecular weight is 301 g/mol. The van der Waals surface area contributed by atoms with Gasteiger partial charge in [0.25, 0.3) is 0 Å². The molecule has 2 aromatic rings. The van der Waals surface area contributed by atoms with Crippen molar-refractivity contribution in [3.8, 4) is 11.4 Å². The van der Waals surface area contributed by atoms with E-state index in [0.29, 0.717) is 30.8 Å². The number of halogens is 1. The first-order chi connectivity index (χ1) is 8.86. The van der Waals surface area contributed by atoms with E-state index in [1.165, 1.54) is 12.8 Å². The SMILES string of the molecule is Cl.NCC1CCCN1Cc1nc(-c2ccsc2)no1. The molecule has 0 spiro atoms. The van der Waals surface area contributed by atoms with Crippen molar-refractivity contribution in [2.75, 3.05) is 13.1 Å². The van der Waals surface area contributed by atoms with E-state index in [4.69, 9.17) is 10.3 Å². The van der Waals surface area contributed by atoms with Crippen LogP contribution in [-0.4, -0.2) is 34.2 Å². The highest BCUT2D eigenvalue weighted by molar-refractivity contribution is 7.08. The fraction of sp³-hybridized carbons (Fsp3) is 0.500. The van der Waals surface area contributed by atoms with Crippen LogP contribution < -0.4 is 5.73 Å². The zero-order chi connectivity index (χ0) is 12.4. The summed E-state index contributed by atoms with van der Waals surface area (Å²) in [6.07, 6.45) is 2.37. The summed E-state index contributed by atoms with van der Waals surface area (Å²) < 4.78 is 5.30. The van der Waals surface area contributed by atoms with Crippen LogP contribution in [0.15, 0.2) is 21.3 Å². The highest BCUT2D eigenvalue weighted by Gasteiger charge is 2.25. The van der Waals surface area contributed by atoms with Gasteiger partial charge in [0.05, 0.1) is 6.54 Å². The molecule has 1 fully saturated rings. The molecular formula is C12H17ClN4OS. The van der Waals surface area contributed by atoms with Crippen LogP contribution in [0.3, 0.4) is 0 Å². The van der Waals surface area contributed by atoms with Crippen molar-refractivity contribution in [3.63, 3.8) is 0 Å². The topological polar surface area (TPSA) is 68.2 Å². The maximum Gasteiger partial charge on any atom is 0.241 e. The van der Waals surface area contributed by atoms with Crippen LogP contribution in [0.1, 0.15) is 18.7 Å². The van der Waals surface area contributed by atoms with E-state index in [-0.39, 0.29) is 12.4 Å². The normalized spacial score (nSPS) is 19.5. The van der Waals surface area contributed by atoms with E-state index in [9.17, 15) is 0 Å². The van der Waals surface area contributed by atoms with Gasteiger partial charge in [-0.3, -0.25) is 4.90 Å². The number of nitrogens with two attached hydrogens (primary N) is 1. The van der Waals surface area contributed by atoms with Gasteiger partial charge in [-0.1, -0.05) is 5.16 Å². The molecule has 0 aromatic carbocycles. The molecule has 1 aliphatic rings. The molecule has 0 radical (unpaired) electrons. The van der Waals surface area contributed by atoms with E-state index in [1.54, 1.807) is 11.3 Å². The summed E-state index contributed by atoms with van der Waals surface area (Å²) >= 11 is 1.63. The van der Waals surface area contributed by atoms with Crippen LogP contribution in [0.5, 0.6) is 0 Å². The molecule has 104 valence electrons. The van der Waals surface area contributed by atoms with Crippen LogP contribution in [0, 0.1) is 0 Å². The lowest BCUT2D eigenvalue weighted by atomic mass is 10.2. The van der Waals surface area contributed by atoms with Crippen LogP contribution in [-0.2, 0) is 6.54 Å². The molecule has 1 saturated heterocycles. The van der Waals surface area contributed by atoms with Crippen molar-refractivity contribution in [3.05, 3.63) is 22.7 Å². The summed E-state index contributed by atoms with van der Waals surface area (Å²) in [4.78, 5) is 6.76. The second kappa shape index (κ2) is 6.47. The Morgan fingerprint density at radius 1 is 1.53 bits per heavy atom. The minimum absolute atomic E-state index is 0. The zero-order valence-corrected chi connectivity index (χ0v) is 12.1. The smallest absolute Gasteiger partial charge is 0.241 e. The highest BCUT2D eigenvalue weighted by atomic mass is 35.5. The van der Waals surface area contributed by atoms with Gasteiger partial charge in [-0.15, -0.1) is 12.4 Å². The van der Waals surface area contributed by atoms with Crippen LogP contribution in [0.25, 0.3) is 11.4 Å². The molecule has 2 N–H and O–H groups in total. The summed E-state index contributed by atoms with van der Waals surface area (Å²) in [5, 5.41) is 8.05. The van der Waals surface area contributed by atoms with E-state index in [0.717, 1.165) is 12.1 Å². The monoisotopic (exact) mass is 300 g/mol. The quantitative estimate of drug-likeness (QED) is 0.937. The van der Waals surface area contributed by atoms with E-state index in [1.807, 2.05) is 16.8 Å². The molecule has 0 bridgehead atoms. The molecule has 5 nitrogen and oxygen atoms in total. The molecule has 1 aliphatic heterocycles. The Labute approximate surface area is 122 Å². The Morgan fingerprint density at radius 2 is 2.42 bits per heavy atom. The van der Waals surface area contributed by atoms with Crippen molar-refractivity contribution in [1.29, 1.82) is 0 Å². The number of likely N-dealkylation sites (tertiary alicyclic amines) is 1. The summed E-state index contributed by atoms with van der Waals surface area (Å²) in [7, 11) is 0. The molecule has 1 unspecified atom stereocenters. The minimum Gasteiger partial charge on any atom is -0.338 e. The van der Waals surface area contributed by atoms with Crippen LogP contribution in [0.2, 0.25) is 0 Å². The van der Waals surface area contributed by atoms with Crippen LogP contribution in [0.4, 0.5) is 0 Å². The number of nitrogens with zero attached hydrogens (tertiary/aromatic N) is 3. The summed E-state index contributed by atoms with van der Waals surface area (Å²) in [5.74, 6) is 1.35. The molecule has 1 atom stereocenters. The van der Waals surface area contributed by atoms with Crippen molar-refractivity contribution in [1.82, 2.24) is 15.0 Å². The third-order valence-electron chi connectivity index (χ3n) is 3.36. The van der Waals surface area contributed by atoms with Crippen molar-refractivity contribution in [2.45, 2.75) is 25.4 Å². The number of hydrogen-bond acceptors (Lipinski definition) is 6. The maximum absolute atomic E-state index is 5.75. The van der Waals surface area contributed by atoms with Gasteiger partial charge in [-0.05, 0) is 30.8 Å². The van der Waals surface area contributed by atoms with Gasteiger partial charge in [0.15, 0.2) is 0 Å². The van der Waals surface area contributed by atoms with Gasteiger partial charge < -0.3 is 10.3 Å². The first-order valence-electron chi connectivity index (χ1n) is 6.16. The molecule has 0 amide bonds. The van der Waals surface area contributed by atoms with Crippen LogP contribution >= 0.6 is 23.7 Å². The second-order valence-electron chi connectivity index (χ2n) is 4.53. The molecule has 2 aromatic heterocycles. The first kappa shape index (κ1) is 14.5. The van der Waals surface area contributed by atoms with E-state index < -0.39 is 0 Å². The number of thiophene rings is 1. The van der Waals surface area contributed by atoms with E-state index in [2.05, 4.69) is 15.0 Å². The van der Waals surface area contributed by atoms with Gasteiger partial charge >= 0.3 is 0 Å². The molecule has 19 heavy (non-hydrogen) atoms. The Balaban J connectivity index is 0.00000133. The standard InChI is InChI=1S/C12H16N4OS.ClH/c13-6-10-2-1-4-16(10)7-11-14-12(15-17-11)9-3-5-18-8-9;/h3,5,8,10H,1-2,4,6-7,13H2;1H. The van der Waals surface area contributed by atoms with Gasteiger partial charge in [0, 0.05) is 23.5 Å². The van der Waals surface area contributed by atoms with Crippen molar-refractivity contribution >= 4 is 23.7 Å². The Morgan fingerprint density at radius 3 is 3.16 bits per heavy atom. The summed E-state index contributed by atoms with van der Waals surface area (Å²) in [6.45, 7) is 2.47. The second-order valence-corrected chi connectivity index (χ2v) is 5.31. The van der Waals surface area contributed by atoms with Gasteiger partial charge in [0.2, 0.25) is 11.7 Å². The Kier molecular flexibility index (Phi) is 4.93. The predicted octanol–water partition coefficient (Wildman–Crippen LogP) is 2.14. The molecule has 3 rings (SSSR count). The minimum atomic E-state index is 0. The van der Waals surface area contributed by atoms with Crippen molar-refractivity contribution < 1.29 is 4.52 Å². The number of rotatable bonds is 4. The molecule has 0 saturated carbocycles. The largest absolute Gasteiger partial charge is 0.338 e. The third-order valence-corrected chi connectivity index (χ3v) is 4.04. The first-order valence-corrected chi connectivity index (χ1v) is 7.10. The van der Waals surface area contributed by atoms with E-state index >= 15 is 0 Å². The molecule has 7 heteroatoms. The number of hydrogen-bond donors (Lipinski definition) is 1. The van der Waals surface area contributed by atoms with Crippen molar-refractivity contribution in [2.24, 2.45) is 5.73 Å². The average Bonchev–Trinajstić information content (AvgIpc) is 3.10. The zero-order valence-electron chi connectivity index (χ0n) is 10.5. The van der Waals surface area contributed by atoms with Gasteiger partial charge in [-0.25, -0.2) is 0 Å². The summed E-state index contributed by atoms with van der Waals surface area (Å²) in [5.41, 5.74) is 6.77. The Hall–Kier alpha value is -0.950. The van der Waals surface area contributed by atoms with Gasteiger partial charge in [-0.2, -0.15) is 16.3 Å². The summed E-state index contributed by atoms with van der Waals surface area (Å²) in [6, 6.07) is 2.46. The highest BCUT2D eigenvalue weighted by Crippen LogP contribution is 2.21. The lowest BCUT2D eigenvalue weighted by Crippen LogP contribution is -2.34. The number of aromatic nitrogens is 2.